The van der Waals surface area contributed by atoms with Gasteiger partial charge in [-0.25, -0.2) is 0 Å². The van der Waals surface area contributed by atoms with Crippen molar-refractivity contribution in [3.05, 3.63) is 59.7 Å². The Hall–Kier alpha value is -1.76. The molecule has 1 nitrogen and oxygen atoms in total. The van der Waals surface area contributed by atoms with E-state index in [1.165, 1.54) is 56.1 Å². The van der Waals surface area contributed by atoms with Crippen molar-refractivity contribution in [1.82, 2.24) is 0 Å². The van der Waals surface area contributed by atoms with E-state index < -0.39 is 0 Å². The number of para-hydroxylation sites is 1. The van der Waals surface area contributed by atoms with Crippen LogP contribution in [0.3, 0.4) is 0 Å². The highest BCUT2D eigenvalue weighted by Crippen LogP contribution is 2.25. The number of ether oxygens (including phenoxy) is 1. The first kappa shape index (κ1) is 16.6. The minimum Gasteiger partial charge on any atom is -0.457 e. The Balaban J connectivity index is 1.77. The summed E-state index contributed by atoms with van der Waals surface area (Å²) in [6.45, 7) is 4.34. The zero-order chi connectivity index (χ0) is 15.6. The Morgan fingerprint density at radius 3 is 2.18 bits per heavy atom. The predicted octanol–water partition coefficient (Wildman–Crippen LogP) is 6.69. The fourth-order valence-electron chi connectivity index (χ4n) is 2.63. The van der Waals surface area contributed by atoms with Gasteiger partial charge in [0.1, 0.15) is 11.5 Å². The van der Waals surface area contributed by atoms with E-state index in [1.807, 2.05) is 18.2 Å². The molecule has 2 aromatic carbocycles. The lowest BCUT2D eigenvalue weighted by molar-refractivity contribution is 0.478. The standard InChI is InChI=1S/C21H28O/c1-3-4-5-6-7-8-12-19-14-16-20(17-15-19)22-21-13-10-9-11-18(21)2/h9-11,13-17H,3-8,12H2,1-2H3. The van der Waals surface area contributed by atoms with E-state index in [4.69, 9.17) is 4.74 Å². The van der Waals surface area contributed by atoms with Crippen molar-refractivity contribution >= 4 is 0 Å². The zero-order valence-corrected chi connectivity index (χ0v) is 14.0. The van der Waals surface area contributed by atoms with Crippen molar-refractivity contribution in [2.75, 3.05) is 0 Å². The molecule has 0 aliphatic carbocycles. The minimum absolute atomic E-state index is 0.918. The van der Waals surface area contributed by atoms with Crippen molar-refractivity contribution in [1.29, 1.82) is 0 Å². The smallest absolute Gasteiger partial charge is 0.130 e. The van der Waals surface area contributed by atoms with Crippen molar-refractivity contribution in [2.45, 2.75) is 58.8 Å². The van der Waals surface area contributed by atoms with Crippen LogP contribution in [-0.2, 0) is 6.42 Å². The Bertz CT molecular complexity index is 542. The van der Waals surface area contributed by atoms with Gasteiger partial charge in [-0.2, -0.15) is 0 Å². The highest BCUT2D eigenvalue weighted by atomic mass is 16.5. The molecule has 118 valence electrons. The van der Waals surface area contributed by atoms with Crippen LogP contribution in [0.1, 0.15) is 56.6 Å². The topological polar surface area (TPSA) is 9.23 Å². The maximum absolute atomic E-state index is 5.93. The summed E-state index contributed by atoms with van der Waals surface area (Å²) in [5, 5.41) is 0. The van der Waals surface area contributed by atoms with Gasteiger partial charge in [-0.3, -0.25) is 0 Å². The first-order chi connectivity index (χ1) is 10.8. The Morgan fingerprint density at radius 1 is 0.773 bits per heavy atom. The van der Waals surface area contributed by atoms with Crippen molar-refractivity contribution in [3.8, 4) is 11.5 Å². The predicted molar refractivity (Wildman–Crippen MR) is 94.8 cm³/mol. The first-order valence-corrected chi connectivity index (χ1v) is 8.62. The number of hydrogen-bond acceptors (Lipinski definition) is 1. The number of hydrogen-bond donors (Lipinski definition) is 0. The third-order valence-electron chi connectivity index (χ3n) is 4.06. The maximum atomic E-state index is 5.93. The highest BCUT2D eigenvalue weighted by Gasteiger charge is 2.01. The molecule has 0 saturated heterocycles. The molecule has 0 N–H and O–H groups in total. The van der Waals surface area contributed by atoms with Gasteiger partial charge in [0.05, 0.1) is 0 Å². The molecule has 0 unspecified atom stereocenters. The van der Waals surface area contributed by atoms with E-state index in [-0.39, 0.29) is 0 Å². The van der Waals surface area contributed by atoms with Gasteiger partial charge in [0.2, 0.25) is 0 Å². The molecule has 0 aliphatic heterocycles. The van der Waals surface area contributed by atoms with Gasteiger partial charge in [0.25, 0.3) is 0 Å². The van der Waals surface area contributed by atoms with Crippen molar-refractivity contribution < 1.29 is 4.74 Å². The molecule has 0 bridgehead atoms. The molecule has 0 spiro atoms. The van der Waals surface area contributed by atoms with E-state index in [1.54, 1.807) is 0 Å². The van der Waals surface area contributed by atoms with Gasteiger partial charge < -0.3 is 4.74 Å². The van der Waals surface area contributed by atoms with Crippen LogP contribution in [0.25, 0.3) is 0 Å². The molecule has 0 aromatic heterocycles. The summed E-state index contributed by atoms with van der Waals surface area (Å²) in [4.78, 5) is 0. The third kappa shape index (κ3) is 5.55. The summed E-state index contributed by atoms with van der Waals surface area (Å²) in [5.41, 5.74) is 2.58. The van der Waals surface area contributed by atoms with Crippen LogP contribution in [0.4, 0.5) is 0 Å². The Kier molecular flexibility index (Phi) is 7.02. The molecule has 0 heterocycles. The normalized spacial score (nSPS) is 10.6. The average molecular weight is 296 g/mol. The Labute approximate surface area is 135 Å². The monoisotopic (exact) mass is 296 g/mol. The zero-order valence-electron chi connectivity index (χ0n) is 14.0. The second-order valence-electron chi connectivity index (χ2n) is 6.03. The molecule has 0 radical (unpaired) electrons. The first-order valence-electron chi connectivity index (χ1n) is 8.62. The minimum atomic E-state index is 0.918. The molecule has 0 fully saturated rings. The lowest BCUT2D eigenvalue weighted by atomic mass is 10.0. The fraction of sp³-hybridized carbons (Fsp3) is 0.429. The average Bonchev–Trinajstić information content (AvgIpc) is 2.54. The van der Waals surface area contributed by atoms with E-state index in [9.17, 15) is 0 Å². The summed E-state index contributed by atoms with van der Waals surface area (Å²) in [6.07, 6.45) is 9.29. The van der Waals surface area contributed by atoms with Crippen LogP contribution in [0.5, 0.6) is 11.5 Å². The molecule has 2 rings (SSSR count). The Morgan fingerprint density at radius 2 is 1.45 bits per heavy atom. The lowest BCUT2D eigenvalue weighted by Crippen LogP contribution is -1.89. The van der Waals surface area contributed by atoms with Crippen LogP contribution >= 0.6 is 0 Å². The van der Waals surface area contributed by atoms with Crippen LogP contribution in [0, 0.1) is 6.92 Å². The van der Waals surface area contributed by atoms with Gasteiger partial charge in [0.15, 0.2) is 0 Å². The van der Waals surface area contributed by atoms with Gasteiger partial charge in [0, 0.05) is 0 Å². The van der Waals surface area contributed by atoms with Crippen LogP contribution < -0.4 is 4.74 Å². The number of benzene rings is 2. The van der Waals surface area contributed by atoms with Crippen molar-refractivity contribution in [3.63, 3.8) is 0 Å². The summed E-state index contributed by atoms with van der Waals surface area (Å²) in [5.74, 6) is 1.85. The summed E-state index contributed by atoms with van der Waals surface area (Å²) in [6, 6.07) is 16.7. The summed E-state index contributed by atoms with van der Waals surface area (Å²) < 4.78 is 5.93. The summed E-state index contributed by atoms with van der Waals surface area (Å²) in [7, 11) is 0. The van der Waals surface area contributed by atoms with Gasteiger partial charge in [-0.15, -0.1) is 0 Å². The van der Waals surface area contributed by atoms with Gasteiger partial charge >= 0.3 is 0 Å². The number of rotatable bonds is 9. The molecule has 1 heteroatoms. The molecule has 0 amide bonds. The molecule has 22 heavy (non-hydrogen) atoms. The lowest BCUT2D eigenvalue weighted by Gasteiger charge is -2.09. The van der Waals surface area contributed by atoms with E-state index in [0.717, 1.165) is 11.5 Å². The third-order valence-corrected chi connectivity index (χ3v) is 4.06. The largest absolute Gasteiger partial charge is 0.457 e. The molecular weight excluding hydrogens is 268 g/mol. The van der Waals surface area contributed by atoms with Crippen LogP contribution in [-0.4, -0.2) is 0 Å². The number of aryl methyl sites for hydroxylation is 2. The molecule has 0 atom stereocenters. The SMILES string of the molecule is CCCCCCCCc1ccc(Oc2ccccc2C)cc1. The van der Waals surface area contributed by atoms with Crippen molar-refractivity contribution in [2.24, 2.45) is 0 Å². The van der Waals surface area contributed by atoms with Gasteiger partial charge in [-0.05, 0) is 49.1 Å². The second-order valence-corrected chi connectivity index (χ2v) is 6.03. The molecule has 2 aromatic rings. The maximum Gasteiger partial charge on any atom is 0.130 e. The molecular formula is C21H28O. The molecule has 0 aliphatic rings. The van der Waals surface area contributed by atoms with Crippen LogP contribution in [0.15, 0.2) is 48.5 Å². The van der Waals surface area contributed by atoms with E-state index in [2.05, 4.69) is 44.2 Å². The quantitative estimate of drug-likeness (QED) is 0.468. The second kappa shape index (κ2) is 9.30. The summed E-state index contributed by atoms with van der Waals surface area (Å²) >= 11 is 0. The fourth-order valence-corrected chi connectivity index (χ4v) is 2.63. The highest BCUT2D eigenvalue weighted by molar-refractivity contribution is 5.37. The van der Waals surface area contributed by atoms with E-state index >= 15 is 0 Å². The van der Waals surface area contributed by atoms with Gasteiger partial charge in [-0.1, -0.05) is 69.4 Å². The van der Waals surface area contributed by atoms with Crippen LogP contribution in [0.2, 0.25) is 0 Å². The van der Waals surface area contributed by atoms with E-state index in [0.29, 0.717) is 0 Å². The molecule has 0 saturated carbocycles. The number of unbranched alkanes of at least 4 members (excludes halogenated alkanes) is 5.